The van der Waals surface area contributed by atoms with Gasteiger partial charge in [-0.2, -0.15) is 0 Å². The molecule has 1 N–H and O–H groups in total. The molecule has 0 fully saturated rings. The van der Waals surface area contributed by atoms with Crippen molar-refractivity contribution < 1.29 is 4.79 Å². The molecular weight excluding hydrogens is 344 g/mol. The molecule has 0 saturated carbocycles. The number of aromatic nitrogens is 3. The minimum absolute atomic E-state index is 0.0502. The Hall–Kier alpha value is -2.60. The van der Waals surface area contributed by atoms with Gasteiger partial charge < -0.3 is 9.88 Å². The highest BCUT2D eigenvalue weighted by atomic mass is 32.2. The molecule has 1 unspecified atom stereocenters. The molecule has 3 rings (SSSR count). The molecule has 1 heterocycles. The second kappa shape index (κ2) is 8.19. The van der Waals surface area contributed by atoms with Gasteiger partial charge in [0.1, 0.15) is 5.82 Å². The lowest BCUT2D eigenvalue weighted by molar-refractivity contribution is -0.115. The molecule has 2 aromatic carbocycles. The summed E-state index contributed by atoms with van der Waals surface area (Å²) >= 11 is 1.42. The topological polar surface area (TPSA) is 59.8 Å². The van der Waals surface area contributed by atoms with Gasteiger partial charge in [-0.15, -0.1) is 10.2 Å². The van der Waals surface area contributed by atoms with Crippen molar-refractivity contribution in [1.82, 2.24) is 14.8 Å². The van der Waals surface area contributed by atoms with Gasteiger partial charge in [-0.1, -0.05) is 59.8 Å². The van der Waals surface area contributed by atoms with Crippen LogP contribution in [-0.2, 0) is 11.3 Å². The van der Waals surface area contributed by atoms with Crippen molar-refractivity contribution in [2.75, 3.05) is 5.32 Å². The summed E-state index contributed by atoms with van der Waals surface area (Å²) in [6.07, 6.45) is 0. The van der Waals surface area contributed by atoms with E-state index in [1.54, 1.807) is 0 Å². The summed E-state index contributed by atoms with van der Waals surface area (Å²) in [7, 11) is 0. The second-order valence-electron chi connectivity index (χ2n) is 6.22. The van der Waals surface area contributed by atoms with Crippen molar-refractivity contribution in [2.45, 2.75) is 37.7 Å². The average molecular weight is 366 g/mol. The van der Waals surface area contributed by atoms with E-state index in [1.807, 2.05) is 67.8 Å². The molecule has 1 atom stereocenters. The van der Waals surface area contributed by atoms with Crippen molar-refractivity contribution in [3.05, 3.63) is 71.5 Å². The summed E-state index contributed by atoms with van der Waals surface area (Å²) in [5.41, 5.74) is 3.14. The molecule has 3 aromatic rings. The van der Waals surface area contributed by atoms with Gasteiger partial charge in [-0.3, -0.25) is 4.79 Å². The van der Waals surface area contributed by atoms with Gasteiger partial charge in [-0.25, -0.2) is 0 Å². The monoisotopic (exact) mass is 366 g/mol. The molecule has 0 spiro atoms. The minimum Gasteiger partial charge on any atom is -0.325 e. The maximum Gasteiger partial charge on any atom is 0.237 e. The third-order valence-electron chi connectivity index (χ3n) is 4.06. The van der Waals surface area contributed by atoms with Gasteiger partial charge >= 0.3 is 0 Å². The van der Waals surface area contributed by atoms with Crippen molar-refractivity contribution in [2.24, 2.45) is 0 Å². The molecule has 5 nitrogen and oxygen atoms in total. The first-order valence-electron chi connectivity index (χ1n) is 8.51. The zero-order valence-corrected chi connectivity index (χ0v) is 16.0. The number of amides is 1. The van der Waals surface area contributed by atoms with Gasteiger partial charge in [0.25, 0.3) is 0 Å². The van der Waals surface area contributed by atoms with Gasteiger partial charge in [0.2, 0.25) is 5.91 Å². The molecule has 0 bridgehead atoms. The molecule has 0 saturated heterocycles. The molecule has 1 amide bonds. The summed E-state index contributed by atoms with van der Waals surface area (Å²) in [5.74, 6) is 0.785. The Morgan fingerprint density at radius 2 is 1.77 bits per heavy atom. The van der Waals surface area contributed by atoms with Crippen LogP contribution in [-0.4, -0.2) is 25.9 Å². The standard InChI is InChI=1S/C20H22N4OS/c1-14-9-11-18(12-10-14)21-19(25)15(2)26-20-23-22-16(3)24(20)13-17-7-5-4-6-8-17/h4-12,15H,13H2,1-3H3,(H,21,25). The lowest BCUT2D eigenvalue weighted by atomic mass is 10.2. The van der Waals surface area contributed by atoms with E-state index >= 15 is 0 Å². The lowest BCUT2D eigenvalue weighted by Gasteiger charge is -2.13. The van der Waals surface area contributed by atoms with E-state index < -0.39 is 0 Å². The fourth-order valence-electron chi connectivity index (χ4n) is 2.49. The number of thioether (sulfide) groups is 1. The first-order valence-corrected chi connectivity index (χ1v) is 9.39. The van der Waals surface area contributed by atoms with Crippen molar-refractivity contribution >= 4 is 23.4 Å². The van der Waals surface area contributed by atoms with Gasteiger partial charge in [0.05, 0.1) is 11.8 Å². The van der Waals surface area contributed by atoms with Crippen LogP contribution >= 0.6 is 11.8 Å². The van der Waals surface area contributed by atoms with Crippen molar-refractivity contribution in [1.29, 1.82) is 0 Å². The van der Waals surface area contributed by atoms with E-state index in [2.05, 4.69) is 27.6 Å². The Morgan fingerprint density at radius 3 is 2.46 bits per heavy atom. The zero-order valence-electron chi connectivity index (χ0n) is 15.1. The maximum atomic E-state index is 12.5. The third-order valence-corrected chi connectivity index (χ3v) is 5.14. The van der Waals surface area contributed by atoms with Crippen LogP contribution in [0.15, 0.2) is 59.8 Å². The van der Waals surface area contributed by atoms with Gasteiger partial charge in [0, 0.05) is 5.69 Å². The van der Waals surface area contributed by atoms with E-state index in [0.717, 1.165) is 22.2 Å². The summed E-state index contributed by atoms with van der Waals surface area (Å²) in [6, 6.07) is 17.9. The summed E-state index contributed by atoms with van der Waals surface area (Å²) in [5, 5.41) is 11.8. The fraction of sp³-hybridized carbons (Fsp3) is 0.250. The predicted molar refractivity (Wildman–Crippen MR) is 105 cm³/mol. The van der Waals surface area contributed by atoms with E-state index in [0.29, 0.717) is 6.54 Å². The number of carbonyl (C=O) groups excluding carboxylic acids is 1. The number of nitrogens with zero attached hydrogens (tertiary/aromatic N) is 3. The highest BCUT2D eigenvalue weighted by Crippen LogP contribution is 2.24. The Morgan fingerprint density at radius 1 is 1.08 bits per heavy atom. The predicted octanol–water partition coefficient (Wildman–Crippen LogP) is 4.06. The third kappa shape index (κ3) is 4.52. The highest BCUT2D eigenvalue weighted by molar-refractivity contribution is 8.00. The zero-order chi connectivity index (χ0) is 18.5. The van der Waals surface area contributed by atoms with Crippen LogP contribution in [0.4, 0.5) is 5.69 Å². The number of aryl methyl sites for hydroxylation is 2. The number of rotatable bonds is 6. The Kier molecular flexibility index (Phi) is 5.73. The van der Waals surface area contributed by atoms with E-state index in [9.17, 15) is 4.79 Å². The average Bonchev–Trinajstić information content (AvgIpc) is 2.98. The first-order chi connectivity index (χ1) is 12.5. The summed E-state index contributed by atoms with van der Waals surface area (Å²) in [4.78, 5) is 12.5. The van der Waals surface area contributed by atoms with Crippen molar-refractivity contribution in [3.63, 3.8) is 0 Å². The first kappa shape index (κ1) is 18.2. The normalized spacial score (nSPS) is 12.0. The Balaban J connectivity index is 1.68. The molecular formula is C20H22N4OS. The van der Waals surface area contributed by atoms with Gasteiger partial charge in [0.15, 0.2) is 5.16 Å². The largest absolute Gasteiger partial charge is 0.325 e. The molecule has 0 radical (unpaired) electrons. The molecule has 0 aliphatic carbocycles. The maximum absolute atomic E-state index is 12.5. The van der Waals surface area contributed by atoms with Crippen LogP contribution in [0.2, 0.25) is 0 Å². The molecule has 26 heavy (non-hydrogen) atoms. The molecule has 134 valence electrons. The lowest BCUT2D eigenvalue weighted by Crippen LogP contribution is -2.23. The SMILES string of the molecule is Cc1ccc(NC(=O)C(C)Sc2nnc(C)n2Cc2ccccc2)cc1. The summed E-state index contributed by atoms with van der Waals surface area (Å²) in [6.45, 7) is 6.52. The number of anilines is 1. The molecule has 0 aliphatic rings. The minimum atomic E-state index is -0.283. The van der Waals surface area contributed by atoms with Crippen LogP contribution in [0.1, 0.15) is 23.9 Å². The van der Waals surface area contributed by atoms with Crippen LogP contribution in [0.3, 0.4) is 0 Å². The quantitative estimate of drug-likeness (QED) is 0.668. The van der Waals surface area contributed by atoms with E-state index in [4.69, 9.17) is 0 Å². The Bertz CT molecular complexity index is 875. The Labute approximate surface area is 157 Å². The number of benzene rings is 2. The number of nitrogens with one attached hydrogen (secondary N) is 1. The fourth-order valence-corrected chi connectivity index (χ4v) is 3.38. The van der Waals surface area contributed by atoms with Crippen LogP contribution < -0.4 is 5.32 Å². The second-order valence-corrected chi connectivity index (χ2v) is 7.52. The smallest absolute Gasteiger partial charge is 0.237 e. The van der Waals surface area contributed by atoms with Crippen LogP contribution in [0, 0.1) is 13.8 Å². The summed E-state index contributed by atoms with van der Waals surface area (Å²) < 4.78 is 2.04. The molecule has 6 heteroatoms. The number of carbonyl (C=O) groups is 1. The van der Waals surface area contributed by atoms with Gasteiger partial charge in [-0.05, 0) is 38.5 Å². The molecule has 0 aliphatic heterocycles. The van der Waals surface area contributed by atoms with Crippen molar-refractivity contribution in [3.8, 4) is 0 Å². The van der Waals surface area contributed by atoms with E-state index in [-0.39, 0.29) is 11.2 Å². The number of hydrogen-bond donors (Lipinski definition) is 1. The number of hydrogen-bond acceptors (Lipinski definition) is 4. The molecule has 1 aromatic heterocycles. The van der Waals surface area contributed by atoms with Crippen LogP contribution in [0.25, 0.3) is 0 Å². The van der Waals surface area contributed by atoms with Crippen LogP contribution in [0.5, 0.6) is 0 Å². The van der Waals surface area contributed by atoms with E-state index in [1.165, 1.54) is 17.3 Å². The highest BCUT2D eigenvalue weighted by Gasteiger charge is 2.19.